The molecule has 0 N–H and O–H groups in total. The van der Waals surface area contributed by atoms with Crippen molar-refractivity contribution in [1.29, 1.82) is 0 Å². The maximum absolute atomic E-state index is 2.33. The summed E-state index contributed by atoms with van der Waals surface area (Å²) in [7, 11) is 0. The molecule has 0 aliphatic rings. The lowest BCUT2D eigenvalue weighted by molar-refractivity contribution is 1.46. The van der Waals surface area contributed by atoms with Crippen molar-refractivity contribution in [2.45, 2.75) is 55.4 Å². The minimum atomic E-state index is 1.32. The van der Waals surface area contributed by atoms with E-state index < -0.39 is 0 Å². The molecule has 0 saturated carbocycles. The third kappa shape index (κ3) is 7.91. The van der Waals surface area contributed by atoms with Gasteiger partial charge in [0.05, 0.1) is 0 Å². The summed E-state index contributed by atoms with van der Waals surface area (Å²) < 4.78 is 0. The summed E-state index contributed by atoms with van der Waals surface area (Å²) in [5.74, 6) is 0. The fourth-order valence-corrected chi connectivity index (χ4v) is 10.9. The van der Waals surface area contributed by atoms with Crippen LogP contribution in [0.2, 0.25) is 0 Å². The number of hydrogen-bond acceptors (Lipinski definition) is 0. The second-order valence-electron chi connectivity index (χ2n) is 18.6. The quantitative estimate of drug-likeness (QED) is 0.105. The average Bonchev–Trinajstić information content (AvgIpc) is 3.40. The molecule has 0 amide bonds. The number of fused-ring (bicyclic) bond motifs is 10. The highest BCUT2D eigenvalue weighted by Gasteiger charge is 2.12. The molecule has 0 aliphatic heterocycles. The first kappa shape index (κ1) is 44.1. The van der Waals surface area contributed by atoms with Crippen LogP contribution in [0.25, 0.3) is 97.0 Å². The van der Waals surface area contributed by atoms with Crippen molar-refractivity contribution in [3.63, 3.8) is 0 Å². The Bertz CT molecular complexity index is 3780. The van der Waals surface area contributed by atoms with Crippen LogP contribution in [0.15, 0.2) is 206 Å². The Balaban J connectivity index is 0.000000108. The predicted molar refractivity (Wildman–Crippen MR) is 301 cm³/mol. The highest BCUT2D eigenvalue weighted by Crippen LogP contribution is 2.37. The Morgan fingerprint density at radius 1 is 0.176 bits per heavy atom. The Labute approximate surface area is 401 Å². The first-order valence-corrected chi connectivity index (χ1v) is 24.0. The van der Waals surface area contributed by atoms with Gasteiger partial charge in [-0.1, -0.05) is 194 Å². The van der Waals surface area contributed by atoms with Gasteiger partial charge in [-0.15, -0.1) is 0 Å². The number of hydrogen-bond donors (Lipinski definition) is 0. The van der Waals surface area contributed by atoms with Gasteiger partial charge in [-0.25, -0.2) is 0 Å². The van der Waals surface area contributed by atoms with Crippen molar-refractivity contribution in [3.8, 4) is 0 Å². The molecular weight excluding hydrogens is 817 g/mol. The Morgan fingerprint density at radius 3 is 0.809 bits per heavy atom. The van der Waals surface area contributed by atoms with Gasteiger partial charge in [0, 0.05) is 0 Å². The standard InChI is InChI=1S/2C20H16.C16H14.C12H12/c1-13-16-8-5-6-9-17(16)14(2)20-18(13)12-11-15-7-3-4-10-19(15)20;1-13-17-9-5-6-10-18(17)14(2)20-12-16-8-4-3-7-15(16)11-19(13)20;1-11-13-7-3-5-9-15(13)12(2)16-10-6-4-8-14(11)16;1-9-7-8-10(2)12-6-4-3-5-11(9)12/h2*3-12H,1-2H3;3-10H,1-2H3;3-8H,1-2H3. The van der Waals surface area contributed by atoms with Crippen LogP contribution in [0, 0.1) is 55.4 Å². The molecule has 0 bridgehead atoms. The van der Waals surface area contributed by atoms with E-state index in [1.54, 1.807) is 0 Å². The molecule has 0 spiro atoms. The SMILES string of the molecule is Cc1c2ccccc2c(C)c2c1ccc1ccccc12.Cc1c2ccccc2c(C)c2cc3ccccc3cc12.Cc1c2ccccc2c(C)c2ccccc12.Cc1ccc(C)c2ccccc12. The van der Waals surface area contributed by atoms with Crippen molar-refractivity contribution in [1.82, 2.24) is 0 Å². The molecule has 13 rings (SSSR count). The van der Waals surface area contributed by atoms with E-state index in [1.165, 1.54) is 141 Å². The molecule has 0 unspecified atom stereocenters. The number of rotatable bonds is 0. The van der Waals surface area contributed by atoms with Crippen molar-refractivity contribution in [2.75, 3.05) is 0 Å². The molecule has 0 heterocycles. The molecule has 0 saturated heterocycles. The number of benzene rings is 13. The highest BCUT2D eigenvalue weighted by molar-refractivity contribution is 6.16. The molecule has 0 aliphatic carbocycles. The lowest BCUT2D eigenvalue weighted by atomic mass is 9.90. The smallest absolute Gasteiger partial charge is 0.00671 e. The van der Waals surface area contributed by atoms with Crippen LogP contribution in [0.4, 0.5) is 0 Å². The lowest BCUT2D eigenvalue weighted by Gasteiger charge is -2.14. The predicted octanol–water partition coefficient (Wildman–Crippen LogP) is 19.6. The van der Waals surface area contributed by atoms with Crippen molar-refractivity contribution in [3.05, 3.63) is 251 Å². The van der Waals surface area contributed by atoms with Gasteiger partial charge in [0.1, 0.15) is 0 Å². The summed E-state index contributed by atoms with van der Waals surface area (Å²) in [6.07, 6.45) is 0. The zero-order valence-corrected chi connectivity index (χ0v) is 40.6. The largest absolute Gasteiger partial charge is 0.0616 e. The van der Waals surface area contributed by atoms with Crippen LogP contribution >= 0.6 is 0 Å². The molecule has 330 valence electrons. The first-order chi connectivity index (χ1) is 33.1. The summed E-state index contributed by atoms with van der Waals surface area (Å²) in [4.78, 5) is 0. The van der Waals surface area contributed by atoms with Gasteiger partial charge in [0.2, 0.25) is 0 Å². The monoisotopic (exact) mass is 874 g/mol. The maximum atomic E-state index is 2.33. The van der Waals surface area contributed by atoms with E-state index in [0.717, 1.165) is 0 Å². The second-order valence-corrected chi connectivity index (χ2v) is 18.6. The Morgan fingerprint density at radius 2 is 0.441 bits per heavy atom. The molecule has 0 fully saturated rings. The molecule has 0 atom stereocenters. The normalized spacial score (nSPS) is 11.2. The maximum Gasteiger partial charge on any atom is -0.00671 e. The third-order valence-electron chi connectivity index (χ3n) is 14.7. The summed E-state index contributed by atoms with van der Waals surface area (Å²) in [6.45, 7) is 17.7. The van der Waals surface area contributed by atoms with Crippen LogP contribution in [-0.2, 0) is 0 Å². The molecule has 0 heteroatoms. The molecule has 13 aromatic rings. The molecule has 68 heavy (non-hydrogen) atoms. The van der Waals surface area contributed by atoms with Crippen LogP contribution < -0.4 is 0 Å². The molecular formula is C68H58. The molecule has 0 nitrogen and oxygen atoms in total. The van der Waals surface area contributed by atoms with E-state index in [2.05, 4.69) is 262 Å². The lowest BCUT2D eigenvalue weighted by Crippen LogP contribution is -1.89. The Kier molecular flexibility index (Phi) is 12.0. The zero-order valence-electron chi connectivity index (χ0n) is 40.6. The van der Waals surface area contributed by atoms with Crippen LogP contribution in [0.5, 0.6) is 0 Å². The van der Waals surface area contributed by atoms with Gasteiger partial charge in [0.15, 0.2) is 0 Å². The summed E-state index contributed by atoms with van der Waals surface area (Å²) in [5, 5.41) is 24.6. The van der Waals surface area contributed by atoms with E-state index in [9.17, 15) is 0 Å². The topological polar surface area (TPSA) is 0 Å². The molecule has 0 aromatic heterocycles. The summed E-state index contributed by atoms with van der Waals surface area (Å²) in [5.41, 5.74) is 11.0. The van der Waals surface area contributed by atoms with E-state index in [4.69, 9.17) is 0 Å². The van der Waals surface area contributed by atoms with Crippen LogP contribution in [0.3, 0.4) is 0 Å². The summed E-state index contributed by atoms with van der Waals surface area (Å²) in [6, 6.07) is 74.1. The summed E-state index contributed by atoms with van der Waals surface area (Å²) >= 11 is 0. The van der Waals surface area contributed by atoms with E-state index in [1.807, 2.05) is 0 Å². The van der Waals surface area contributed by atoms with E-state index in [-0.39, 0.29) is 0 Å². The van der Waals surface area contributed by atoms with Gasteiger partial charge >= 0.3 is 0 Å². The van der Waals surface area contributed by atoms with Crippen molar-refractivity contribution < 1.29 is 0 Å². The second kappa shape index (κ2) is 18.5. The van der Waals surface area contributed by atoms with Gasteiger partial charge in [-0.05, 0) is 209 Å². The molecule has 0 radical (unpaired) electrons. The van der Waals surface area contributed by atoms with Crippen molar-refractivity contribution >= 4 is 97.0 Å². The van der Waals surface area contributed by atoms with E-state index in [0.29, 0.717) is 0 Å². The Hall–Kier alpha value is -7.80. The first-order valence-electron chi connectivity index (χ1n) is 24.0. The van der Waals surface area contributed by atoms with Crippen molar-refractivity contribution in [2.24, 2.45) is 0 Å². The van der Waals surface area contributed by atoms with Crippen LogP contribution in [0.1, 0.15) is 44.5 Å². The minimum Gasteiger partial charge on any atom is -0.0616 e. The molecule has 13 aromatic carbocycles. The fourth-order valence-electron chi connectivity index (χ4n) is 10.9. The number of aryl methyl sites for hydroxylation is 8. The van der Waals surface area contributed by atoms with Gasteiger partial charge in [0.25, 0.3) is 0 Å². The fraction of sp³-hybridized carbons (Fsp3) is 0.118. The van der Waals surface area contributed by atoms with Gasteiger partial charge in [-0.3, -0.25) is 0 Å². The van der Waals surface area contributed by atoms with E-state index >= 15 is 0 Å². The van der Waals surface area contributed by atoms with Gasteiger partial charge in [-0.2, -0.15) is 0 Å². The highest BCUT2D eigenvalue weighted by atomic mass is 14.2. The minimum absolute atomic E-state index is 1.32. The zero-order chi connectivity index (χ0) is 47.1. The van der Waals surface area contributed by atoms with Gasteiger partial charge < -0.3 is 0 Å². The van der Waals surface area contributed by atoms with Crippen LogP contribution in [-0.4, -0.2) is 0 Å². The average molecular weight is 875 g/mol. The third-order valence-corrected chi connectivity index (χ3v) is 14.7.